The lowest BCUT2D eigenvalue weighted by Crippen LogP contribution is -2.47. The predicted octanol–water partition coefficient (Wildman–Crippen LogP) is 3.97. The maximum atomic E-state index is 13.0. The number of rotatable bonds is 10. The van der Waals surface area contributed by atoms with E-state index in [0.717, 1.165) is 51.1 Å². The van der Waals surface area contributed by atoms with Gasteiger partial charge in [0, 0.05) is 45.5 Å². The van der Waals surface area contributed by atoms with Gasteiger partial charge in [0.25, 0.3) is 0 Å². The van der Waals surface area contributed by atoms with Crippen molar-refractivity contribution in [3.8, 4) is 0 Å². The molecule has 8 heteroatoms. The fourth-order valence-electron chi connectivity index (χ4n) is 4.96. The Morgan fingerprint density at radius 2 is 1.78 bits per heavy atom. The quantitative estimate of drug-likeness (QED) is 0.411. The van der Waals surface area contributed by atoms with E-state index in [2.05, 4.69) is 15.1 Å². The summed E-state index contributed by atoms with van der Waals surface area (Å²) in [6.07, 6.45) is 2.06. The Morgan fingerprint density at radius 1 is 1.09 bits per heavy atom. The molecule has 2 N–H and O–H groups in total. The topological polar surface area (TPSA) is 48.0 Å². The van der Waals surface area contributed by atoms with Gasteiger partial charge in [-0.2, -0.15) is 13.2 Å². The smallest absolute Gasteiger partial charge is 0.383 e. The standard InChI is InChI=1S/C24H38F3N3O2/c1-32-16-10-28-23(31)17-20-7-5-19(6-8-20)9-11-29-12-14-30(15-13-29)22-4-2-3-21(18-22)24(25,26)27/h2-4,18-20,23,28,31H,5-17H2,1H3. The van der Waals surface area contributed by atoms with Gasteiger partial charge in [0.1, 0.15) is 6.23 Å². The second-order valence-electron chi connectivity index (χ2n) is 9.25. The second kappa shape index (κ2) is 12.2. The molecule has 1 aliphatic carbocycles. The average molecular weight is 458 g/mol. The van der Waals surface area contributed by atoms with Crippen LogP contribution in [0.15, 0.2) is 24.3 Å². The maximum Gasteiger partial charge on any atom is 0.416 e. The molecule has 0 radical (unpaired) electrons. The summed E-state index contributed by atoms with van der Waals surface area (Å²) in [5, 5.41) is 13.2. The van der Waals surface area contributed by atoms with E-state index in [1.54, 1.807) is 13.2 Å². The van der Waals surface area contributed by atoms with E-state index in [0.29, 0.717) is 24.8 Å². The SMILES string of the molecule is COCCNC(O)CC1CCC(CCN2CCN(c3cccc(C(F)(F)F)c3)CC2)CC1. The lowest BCUT2D eigenvalue weighted by molar-refractivity contribution is -0.137. The number of alkyl halides is 3. The number of aliphatic hydroxyl groups is 1. The minimum absolute atomic E-state index is 0.445. The van der Waals surface area contributed by atoms with Crippen LogP contribution in [0, 0.1) is 11.8 Å². The van der Waals surface area contributed by atoms with Crippen molar-refractivity contribution in [2.45, 2.75) is 50.9 Å². The number of piperazine rings is 1. The Morgan fingerprint density at radius 3 is 2.44 bits per heavy atom. The third kappa shape index (κ3) is 7.90. The van der Waals surface area contributed by atoms with Gasteiger partial charge >= 0.3 is 6.18 Å². The molecule has 1 aromatic carbocycles. The zero-order valence-electron chi connectivity index (χ0n) is 19.1. The van der Waals surface area contributed by atoms with E-state index >= 15 is 0 Å². The Bertz CT molecular complexity index is 673. The molecule has 2 aliphatic rings. The first-order valence-electron chi connectivity index (χ1n) is 11.9. The molecule has 5 nitrogen and oxygen atoms in total. The minimum atomic E-state index is -4.30. The number of halogens is 3. The Labute approximate surface area is 189 Å². The molecule has 0 bridgehead atoms. The van der Waals surface area contributed by atoms with Crippen molar-refractivity contribution in [3.05, 3.63) is 29.8 Å². The molecule has 0 aromatic heterocycles. The number of hydrogen-bond acceptors (Lipinski definition) is 5. The molecule has 182 valence electrons. The molecular formula is C24H38F3N3O2. The first-order valence-corrected chi connectivity index (χ1v) is 11.9. The number of nitrogens with zero attached hydrogens (tertiary/aromatic N) is 2. The van der Waals surface area contributed by atoms with Gasteiger partial charge in [-0.25, -0.2) is 0 Å². The molecule has 1 aromatic rings. The third-order valence-electron chi connectivity index (χ3n) is 6.97. The highest BCUT2D eigenvalue weighted by Gasteiger charge is 2.31. The van der Waals surface area contributed by atoms with Crippen LogP contribution in [0.2, 0.25) is 0 Å². The molecule has 1 unspecified atom stereocenters. The number of hydrogen-bond donors (Lipinski definition) is 2. The van der Waals surface area contributed by atoms with Crippen LogP contribution in [0.3, 0.4) is 0 Å². The van der Waals surface area contributed by atoms with Gasteiger partial charge in [0.2, 0.25) is 0 Å². The molecule has 0 amide bonds. The summed E-state index contributed by atoms with van der Waals surface area (Å²) < 4.78 is 43.9. The van der Waals surface area contributed by atoms with Crippen molar-refractivity contribution in [2.24, 2.45) is 11.8 Å². The highest BCUT2D eigenvalue weighted by Crippen LogP contribution is 2.34. The molecule has 0 spiro atoms. The van der Waals surface area contributed by atoms with E-state index in [1.165, 1.54) is 44.2 Å². The Kier molecular flexibility index (Phi) is 9.64. The van der Waals surface area contributed by atoms with E-state index in [-0.39, 0.29) is 0 Å². The van der Waals surface area contributed by atoms with E-state index < -0.39 is 18.0 Å². The van der Waals surface area contributed by atoms with Gasteiger partial charge in [0.05, 0.1) is 12.2 Å². The first-order chi connectivity index (χ1) is 15.3. The summed E-state index contributed by atoms with van der Waals surface area (Å²) in [5.41, 5.74) is 0.0861. The molecule has 1 heterocycles. The van der Waals surface area contributed by atoms with Gasteiger partial charge in [-0.3, -0.25) is 10.2 Å². The summed E-state index contributed by atoms with van der Waals surface area (Å²) >= 11 is 0. The van der Waals surface area contributed by atoms with Gasteiger partial charge < -0.3 is 14.7 Å². The van der Waals surface area contributed by atoms with Crippen LogP contribution in [0.1, 0.15) is 44.1 Å². The summed E-state index contributed by atoms with van der Waals surface area (Å²) in [6, 6.07) is 5.66. The molecule has 3 rings (SSSR count). The molecular weight excluding hydrogens is 419 g/mol. The van der Waals surface area contributed by atoms with Crippen molar-refractivity contribution in [1.29, 1.82) is 0 Å². The lowest BCUT2D eigenvalue weighted by Gasteiger charge is -2.37. The normalized spacial score (nSPS) is 24.0. The molecule has 1 atom stereocenters. The maximum absolute atomic E-state index is 13.0. The molecule has 1 saturated carbocycles. The van der Waals surface area contributed by atoms with Crippen molar-refractivity contribution in [1.82, 2.24) is 10.2 Å². The molecule has 32 heavy (non-hydrogen) atoms. The van der Waals surface area contributed by atoms with Crippen LogP contribution < -0.4 is 10.2 Å². The van der Waals surface area contributed by atoms with Gasteiger partial charge in [-0.15, -0.1) is 0 Å². The van der Waals surface area contributed by atoms with Crippen molar-refractivity contribution in [2.75, 3.05) is 57.9 Å². The number of ether oxygens (including phenoxy) is 1. The number of methoxy groups -OCH3 is 1. The number of anilines is 1. The van der Waals surface area contributed by atoms with Gasteiger partial charge in [0.15, 0.2) is 0 Å². The second-order valence-corrected chi connectivity index (χ2v) is 9.25. The highest BCUT2D eigenvalue weighted by molar-refractivity contribution is 5.49. The fourth-order valence-corrected chi connectivity index (χ4v) is 4.96. The molecule has 2 fully saturated rings. The van der Waals surface area contributed by atoms with Crippen molar-refractivity contribution < 1.29 is 23.0 Å². The summed E-state index contributed by atoms with van der Waals surface area (Å²) in [4.78, 5) is 4.50. The number of nitrogens with one attached hydrogen (secondary N) is 1. The Balaban J connectivity index is 1.32. The van der Waals surface area contributed by atoms with Crippen LogP contribution in [0.25, 0.3) is 0 Å². The minimum Gasteiger partial charge on any atom is -0.383 e. The van der Waals surface area contributed by atoms with Crippen molar-refractivity contribution in [3.63, 3.8) is 0 Å². The van der Waals surface area contributed by atoms with E-state index in [4.69, 9.17) is 4.74 Å². The van der Waals surface area contributed by atoms with E-state index in [1.807, 2.05) is 0 Å². The van der Waals surface area contributed by atoms with E-state index in [9.17, 15) is 18.3 Å². The predicted molar refractivity (Wildman–Crippen MR) is 121 cm³/mol. The Hall–Kier alpha value is -1.35. The monoisotopic (exact) mass is 457 g/mol. The van der Waals surface area contributed by atoms with Crippen LogP contribution in [0.4, 0.5) is 18.9 Å². The summed E-state index contributed by atoms with van der Waals surface area (Å²) in [6.45, 7) is 5.67. The fraction of sp³-hybridized carbons (Fsp3) is 0.750. The van der Waals surface area contributed by atoms with Gasteiger partial charge in [-0.05, 0) is 49.4 Å². The zero-order valence-corrected chi connectivity index (χ0v) is 19.1. The zero-order chi connectivity index (χ0) is 23.0. The van der Waals surface area contributed by atoms with Crippen LogP contribution in [0.5, 0.6) is 0 Å². The molecule has 1 saturated heterocycles. The largest absolute Gasteiger partial charge is 0.416 e. The average Bonchev–Trinajstić information content (AvgIpc) is 2.79. The van der Waals surface area contributed by atoms with Crippen LogP contribution >= 0.6 is 0 Å². The first kappa shape index (κ1) is 25.3. The third-order valence-corrected chi connectivity index (χ3v) is 6.97. The van der Waals surface area contributed by atoms with Crippen molar-refractivity contribution >= 4 is 5.69 Å². The summed E-state index contributed by atoms with van der Waals surface area (Å²) in [5.74, 6) is 1.33. The summed E-state index contributed by atoms with van der Waals surface area (Å²) in [7, 11) is 1.66. The molecule has 1 aliphatic heterocycles. The van der Waals surface area contributed by atoms with Crippen LogP contribution in [-0.2, 0) is 10.9 Å². The van der Waals surface area contributed by atoms with Crippen LogP contribution in [-0.4, -0.2) is 69.2 Å². The number of aliphatic hydroxyl groups excluding tert-OH is 1. The lowest BCUT2D eigenvalue weighted by atomic mass is 9.79. The number of benzene rings is 1. The highest BCUT2D eigenvalue weighted by atomic mass is 19.4. The van der Waals surface area contributed by atoms with Gasteiger partial charge in [-0.1, -0.05) is 31.7 Å².